The minimum atomic E-state index is -0.224. The summed E-state index contributed by atoms with van der Waals surface area (Å²) in [4.78, 5) is 12.0. The number of nitrogens with one attached hydrogen (secondary N) is 1. The van der Waals surface area contributed by atoms with Gasteiger partial charge in [0.1, 0.15) is 5.75 Å². The first-order valence-corrected chi connectivity index (χ1v) is 7.13. The van der Waals surface area contributed by atoms with Crippen LogP contribution in [-0.2, 0) is 0 Å². The molecule has 1 rings (SSSR count). The second-order valence-electron chi connectivity index (χ2n) is 4.53. The fraction of sp³-hybridized carbons (Fsp3) is 0.500. The second-order valence-corrected chi connectivity index (χ2v) is 5.45. The van der Waals surface area contributed by atoms with Crippen LogP contribution in [0.1, 0.15) is 49.9 Å². The number of carbonyl (C=O) groups excluding carboxylic acids is 1. The number of phenols is 1. The van der Waals surface area contributed by atoms with E-state index in [2.05, 4.69) is 28.2 Å². The third-order valence-electron chi connectivity index (χ3n) is 2.82. The third kappa shape index (κ3) is 4.69. The van der Waals surface area contributed by atoms with Crippen LogP contribution in [-0.4, -0.2) is 17.1 Å². The van der Waals surface area contributed by atoms with Crippen molar-refractivity contribution in [3.63, 3.8) is 0 Å². The molecule has 1 aromatic carbocycles. The molecule has 0 heterocycles. The van der Waals surface area contributed by atoms with E-state index in [1.165, 1.54) is 18.9 Å². The van der Waals surface area contributed by atoms with Crippen molar-refractivity contribution < 1.29 is 9.90 Å². The van der Waals surface area contributed by atoms with Gasteiger partial charge in [0, 0.05) is 10.5 Å². The molecule has 18 heavy (non-hydrogen) atoms. The number of carbonyl (C=O) groups is 1. The Balaban J connectivity index is 2.56. The Morgan fingerprint density at radius 2 is 2.17 bits per heavy atom. The van der Waals surface area contributed by atoms with Crippen molar-refractivity contribution in [1.82, 2.24) is 5.32 Å². The van der Waals surface area contributed by atoms with Crippen molar-refractivity contribution >= 4 is 21.8 Å². The van der Waals surface area contributed by atoms with E-state index in [9.17, 15) is 9.90 Å². The van der Waals surface area contributed by atoms with Crippen molar-refractivity contribution in [2.75, 3.05) is 0 Å². The highest BCUT2D eigenvalue weighted by atomic mass is 79.9. The zero-order valence-electron chi connectivity index (χ0n) is 10.9. The maximum absolute atomic E-state index is 12.0. The lowest BCUT2D eigenvalue weighted by atomic mass is 10.1. The van der Waals surface area contributed by atoms with Crippen molar-refractivity contribution in [1.29, 1.82) is 0 Å². The van der Waals surface area contributed by atoms with Crippen LogP contribution in [0.25, 0.3) is 0 Å². The molecule has 0 aromatic heterocycles. The quantitative estimate of drug-likeness (QED) is 0.784. The number of hydrogen-bond donors (Lipinski definition) is 2. The summed E-state index contributed by atoms with van der Waals surface area (Å²) >= 11 is 3.29. The summed E-state index contributed by atoms with van der Waals surface area (Å²) in [5, 5.41) is 12.6. The molecule has 1 amide bonds. The highest BCUT2D eigenvalue weighted by molar-refractivity contribution is 9.10. The van der Waals surface area contributed by atoms with Gasteiger partial charge in [-0.3, -0.25) is 4.79 Å². The molecule has 1 aromatic rings. The highest BCUT2D eigenvalue weighted by Gasteiger charge is 2.13. The van der Waals surface area contributed by atoms with Crippen molar-refractivity contribution in [2.24, 2.45) is 0 Å². The molecule has 1 atom stereocenters. The van der Waals surface area contributed by atoms with E-state index in [0.29, 0.717) is 5.56 Å². The lowest BCUT2D eigenvalue weighted by Gasteiger charge is -2.14. The minimum absolute atomic E-state index is 0.0106. The van der Waals surface area contributed by atoms with E-state index in [1.807, 2.05) is 6.92 Å². The molecular weight excluding hydrogens is 294 g/mol. The summed E-state index contributed by atoms with van der Waals surface area (Å²) in [5.41, 5.74) is 0.312. The molecule has 0 aliphatic heterocycles. The average molecular weight is 314 g/mol. The van der Waals surface area contributed by atoms with Crippen molar-refractivity contribution in [3.05, 3.63) is 28.2 Å². The number of amides is 1. The molecule has 4 heteroatoms. The van der Waals surface area contributed by atoms with Gasteiger partial charge in [-0.25, -0.2) is 0 Å². The molecule has 3 nitrogen and oxygen atoms in total. The van der Waals surface area contributed by atoms with Crippen LogP contribution < -0.4 is 5.32 Å². The first-order valence-electron chi connectivity index (χ1n) is 6.34. The van der Waals surface area contributed by atoms with Crippen LogP contribution in [0.15, 0.2) is 22.7 Å². The normalized spacial score (nSPS) is 12.2. The summed E-state index contributed by atoms with van der Waals surface area (Å²) in [7, 11) is 0. The van der Waals surface area contributed by atoms with Crippen LogP contribution in [0, 0.1) is 0 Å². The van der Waals surface area contributed by atoms with Gasteiger partial charge in [-0.05, 0) is 31.5 Å². The van der Waals surface area contributed by atoms with Crippen LogP contribution in [0.5, 0.6) is 5.75 Å². The number of unbranched alkanes of at least 4 members (excludes halogenated alkanes) is 2. The molecule has 0 radical (unpaired) electrons. The fourth-order valence-corrected chi connectivity index (χ4v) is 2.13. The van der Waals surface area contributed by atoms with Crippen LogP contribution in [0.3, 0.4) is 0 Å². The topological polar surface area (TPSA) is 49.3 Å². The zero-order valence-corrected chi connectivity index (χ0v) is 12.5. The van der Waals surface area contributed by atoms with Gasteiger partial charge in [0.15, 0.2) is 0 Å². The van der Waals surface area contributed by atoms with Crippen LogP contribution in [0.4, 0.5) is 0 Å². The third-order valence-corrected chi connectivity index (χ3v) is 3.31. The maximum atomic E-state index is 12.0. The zero-order chi connectivity index (χ0) is 13.5. The second kappa shape index (κ2) is 7.41. The van der Waals surface area contributed by atoms with Gasteiger partial charge in [0.2, 0.25) is 0 Å². The molecule has 0 saturated carbocycles. The number of rotatable bonds is 6. The average Bonchev–Trinajstić information content (AvgIpc) is 2.32. The Labute approximate surface area is 117 Å². The van der Waals surface area contributed by atoms with E-state index in [4.69, 9.17) is 0 Å². The largest absolute Gasteiger partial charge is 0.507 e. The van der Waals surface area contributed by atoms with E-state index in [0.717, 1.165) is 17.3 Å². The summed E-state index contributed by atoms with van der Waals surface area (Å²) in [6.07, 6.45) is 4.44. The Hall–Kier alpha value is -1.03. The minimum Gasteiger partial charge on any atom is -0.507 e. The summed E-state index contributed by atoms with van der Waals surface area (Å²) in [6, 6.07) is 4.98. The predicted octanol–water partition coefficient (Wildman–Crippen LogP) is 3.85. The number of benzene rings is 1. The molecule has 0 saturated heterocycles. The van der Waals surface area contributed by atoms with Gasteiger partial charge in [0.25, 0.3) is 5.91 Å². The Morgan fingerprint density at radius 1 is 1.44 bits per heavy atom. The van der Waals surface area contributed by atoms with Crippen molar-refractivity contribution in [2.45, 2.75) is 45.6 Å². The van der Waals surface area contributed by atoms with E-state index >= 15 is 0 Å². The van der Waals surface area contributed by atoms with Gasteiger partial charge in [-0.2, -0.15) is 0 Å². The maximum Gasteiger partial charge on any atom is 0.255 e. The molecule has 0 fully saturated rings. The smallest absolute Gasteiger partial charge is 0.255 e. The summed E-state index contributed by atoms with van der Waals surface area (Å²) < 4.78 is 0.782. The van der Waals surface area contributed by atoms with Gasteiger partial charge in [0.05, 0.1) is 5.56 Å². The summed E-state index contributed by atoms with van der Waals surface area (Å²) in [6.45, 7) is 4.14. The fourth-order valence-electron chi connectivity index (χ4n) is 1.76. The van der Waals surface area contributed by atoms with Gasteiger partial charge in [-0.1, -0.05) is 42.1 Å². The van der Waals surface area contributed by atoms with Gasteiger partial charge >= 0.3 is 0 Å². The Bertz CT molecular complexity index is 407. The van der Waals surface area contributed by atoms with E-state index in [-0.39, 0.29) is 17.7 Å². The standard InChI is InChI=1S/C14H20BrNO2/c1-3-4-5-6-10(2)16-14(18)12-9-11(15)7-8-13(12)17/h7-10,17H,3-6H2,1-2H3,(H,16,18). The highest BCUT2D eigenvalue weighted by Crippen LogP contribution is 2.21. The molecular formula is C14H20BrNO2. The van der Waals surface area contributed by atoms with Crippen molar-refractivity contribution in [3.8, 4) is 5.75 Å². The number of aromatic hydroxyl groups is 1. The SMILES string of the molecule is CCCCCC(C)NC(=O)c1cc(Br)ccc1O. The lowest BCUT2D eigenvalue weighted by Crippen LogP contribution is -2.32. The molecule has 2 N–H and O–H groups in total. The molecule has 0 aliphatic rings. The lowest BCUT2D eigenvalue weighted by molar-refractivity contribution is 0.0935. The van der Waals surface area contributed by atoms with Gasteiger partial charge in [-0.15, -0.1) is 0 Å². The van der Waals surface area contributed by atoms with E-state index < -0.39 is 0 Å². The monoisotopic (exact) mass is 313 g/mol. The Kier molecular flexibility index (Phi) is 6.19. The van der Waals surface area contributed by atoms with Crippen LogP contribution in [0.2, 0.25) is 0 Å². The number of halogens is 1. The molecule has 0 spiro atoms. The Morgan fingerprint density at radius 3 is 2.83 bits per heavy atom. The van der Waals surface area contributed by atoms with Crippen LogP contribution >= 0.6 is 15.9 Å². The van der Waals surface area contributed by atoms with E-state index in [1.54, 1.807) is 12.1 Å². The molecule has 100 valence electrons. The summed E-state index contributed by atoms with van der Waals surface area (Å²) in [5.74, 6) is -0.214. The predicted molar refractivity (Wildman–Crippen MR) is 76.9 cm³/mol. The number of phenolic OH excluding ortho intramolecular Hbond substituents is 1. The van der Waals surface area contributed by atoms with Gasteiger partial charge < -0.3 is 10.4 Å². The molecule has 1 unspecified atom stereocenters. The first-order chi connectivity index (χ1) is 8.54. The molecule has 0 aliphatic carbocycles. The molecule has 0 bridgehead atoms. The first kappa shape index (κ1) is 15.0. The number of hydrogen-bond acceptors (Lipinski definition) is 2.